The normalized spacial score (nSPS) is 21.2. The number of hydrogen-bond donors (Lipinski definition) is 3. The van der Waals surface area contributed by atoms with Crippen LogP contribution in [0.15, 0.2) is 24.4 Å². The summed E-state index contributed by atoms with van der Waals surface area (Å²) >= 11 is 0. The summed E-state index contributed by atoms with van der Waals surface area (Å²) in [5.74, 6) is -0.590. The van der Waals surface area contributed by atoms with E-state index in [4.69, 9.17) is 0 Å². The summed E-state index contributed by atoms with van der Waals surface area (Å²) in [5, 5.41) is 13.9. The maximum Gasteiger partial charge on any atom is 0.230 e. The Labute approximate surface area is 105 Å². The number of nitrogens with one attached hydrogen (secondary N) is 2. The van der Waals surface area contributed by atoms with Gasteiger partial charge in [0.15, 0.2) is 0 Å². The predicted octanol–water partition coefficient (Wildman–Crippen LogP) is 1.30. The second-order valence-corrected chi connectivity index (χ2v) is 4.84. The van der Waals surface area contributed by atoms with Gasteiger partial charge in [-0.1, -0.05) is 12.1 Å². The average Bonchev–Trinajstić information content (AvgIpc) is 2.71. The molecule has 0 bridgehead atoms. The molecular formula is C14H16N2O2. The number of rotatable bonds is 1. The molecule has 1 amide bonds. The first-order chi connectivity index (χ1) is 8.68. The molecule has 1 aliphatic heterocycles. The van der Waals surface area contributed by atoms with Crippen molar-refractivity contribution in [2.75, 3.05) is 6.54 Å². The monoisotopic (exact) mass is 244 g/mol. The van der Waals surface area contributed by atoms with E-state index in [1.54, 1.807) is 6.92 Å². The van der Waals surface area contributed by atoms with E-state index in [1.807, 2.05) is 24.4 Å². The third kappa shape index (κ3) is 1.61. The first-order valence-electron chi connectivity index (χ1n) is 6.23. The van der Waals surface area contributed by atoms with E-state index in [0.717, 1.165) is 22.9 Å². The highest BCUT2D eigenvalue weighted by Crippen LogP contribution is 2.32. The smallest absolute Gasteiger partial charge is 0.230 e. The van der Waals surface area contributed by atoms with Gasteiger partial charge in [0.05, 0.1) is 12.0 Å². The largest absolute Gasteiger partial charge is 0.392 e. The highest BCUT2D eigenvalue weighted by atomic mass is 16.3. The highest BCUT2D eigenvalue weighted by molar-refractivity contribution is 5.94. The number of amides is 1. The fourth-order valence-electron chi connectivity index (χ4n) is 2.79. The van der Waals surface area contributed by atoms with E-state index in [0.29, 0.717) is 6.54 Å². The van der Waals surface area contributed by atoms with Crippen LogP contribution in [0.4, 0.5) is 0 Å². The van der Waals surface area contributed by atoms with Crippen LogP contribution < -0.4 is 5.32 Å². The minimum absolute atomic E-state index is 0.0932. The van der Waals surface area contributed by atoms with Crippen LogP contribution in [-0.2, 0) is 11.2 Å². The Bertz CT molecular complexity index is 601. The zero-order valence-corrected chi connectivity index (χ0v) is 10.2. The Morgan fingerprint density at radius 3 is 3.06 bits per heavy atom. The van der Waals surface area contributed by atoms with Crippen molar-refractivity contribution in [3.05, 3.63) is 35.5 Å². The van der Waals surface area contributed by atoms with Gasteiger partial charge in [0, 0.05) is 23.6 Å². The number of carbonyl (C=O) groups excluding carboxylic acids is 1. The van der Waals surface area contributed by atoms with E-state index in [1.165, 1.54) is 5.56 Å². The standard InChI is InChI=1S/C14H16N2O2/c1-8(17)12-10-3-2-4-11-13(10)9(7-16-11)5-6-15-14(12)18/h2-4,7-8,12,16-17H,5-6H2,1H3,(H,15,18). The molecule has 3 N–H and O–H groups in total. The number of H-pyrrole nitrogens is 1. The fourth-order valence-corrected chi connectivity index (χ4v) is 2.79. The van der Waals surface area contributed by atoms with Crippen molar-refractivity contribution in [1.82, 2.24) is 10.3 Å². The molecule has 0 saturated heterocycles. The van der Waals surface area contributed by atoms with Crippen LogP contribution in [0.5, 0.6) is 0 Å². The summed E-state index contributed by atoms with van der Waals surface area (Å²) in [7, 11) is 0. The van der Waals surface area contributed by atoms with Gasteiger partial charge in [-0.2, -0.15) is 0 Å². The van der Waals surface area contributed by atoms with E-state index >= 15 is 0 Å². The van der Waals surface area contributed by atoms with Crippen molar-refractivity contribution in [2.45, 2.75) is 25.4 Å². The molecule has 0 saturated carbocycles. The first-order valence-corrected chi connectivity index (χ1v) is 6.23. The summed E-state index contributed by atoms with van der Waals surface area (Å²) in [6.45, 7) is 2.28. The Hall–Kier alpha value is -1.81. The molecule has 1 aromatic carbocycles. The number of aliphatic hydroxyl groups is 1. The van der Waals surface area contributed by atoms with Gasteiger partial charge in [-0.25, -0.2) is 0 Å². The van der Waals surface area contributed by atoms with E-state index in [9.17, 15) is 9.90 Å². The lowest BCUT2D eigenvalue weighted by atomic mass is 9.88. The minimum atomic E-state index is -0.698. The molecule has 2 atom stereocenters. The van der Waals surface area contributed by atoms with E-state index < -0.39 is 12.0 Å². The topological polar surface area (TPSA) is 65.1 Å². The quantitative estimate of drug-likeness (QED) is 0.708. The summed E-state index contributed by atoms with van der Waals surface area (Å²) in [6.07, 6.45) is 2.11. The molecule has 2 heterocycles. The number of aromatic amines is 1. The van der Waals surface area contributed by atoms with Crippen molar-refractivity contribution in [1.29, 1.82) is 0 Å². The van der Waals surface area contributed by atoms with Gasteiger partial charge in [0.2, 0.25) is 5.91 Å². The van der Waals surface area contributed by atoms with Gasteiger partial charge in [-0.15, -0.1) is 0 Å². The lowest BCUT2D eigenvalue weighted by Gasteiger charge is -2.23. The number of hydrogen-bond acceptors (Lipinski definition) is 2. The second kappa shape index (κ2) is 4.14. The van der Waals surface area contributed by atoms with Crippen LogP contribution in [0.1, 0.15) is 24.0 Å². The molecule has 3 rings (SSSR count). The van der Waals surface area contributed by atoms with Crippen molar-refractivity contribution < 1.29 is 9.90 Å². The maximum atomic E-state index is 12.1. The molecule has 4 heteroatoms. The molecule has 94 valence electrons. The Morgan fingerprint density at radius 1 is 1.44 bits per heavy atom. The molecular weight excluding hydrogens is 228 g/mol. The SMILES string of the molecule is CC(O)C1C(=O)NCCc2c[nH]c3cccc1c23. The molecule has 1 aromatic heterocycles. The summed E-state index contributed by atoms with van der Waals surface area (Å²) in [6, 6.07) is 5.85. The lowest BCUT2D eigenvalue weighted by molar-refractivity contribution is -0.124. The second-order valence-electron chi connectivity index (χ2n) is 4.84. The molecule has 18 heavy (non-hydrogen) atoms. The lowest BCUT2D eigenvalue weighted by Crippen LogP contribution is -2.37. The van der Waals surface area contributed by atoms with Gasteiger partial charge in [0.1, 0.15) is 0 Å². The molecule has 0 radical (unpaired) electrons. The molecule has 2 unspecified atom stereocenters. The Morgan fingerprint density at radius 2 is 2.28 bits per heavy atom. The van der Waals surface area contributed by atoms with Crippen LogP contribution in [0.2, 0.25) is 0 Å². The van der Waals surface area contributed by atoms with Crippen molar-refractivity contribution in [2.24, 2.45) is 0 Å². The number of carbonyl (C=O) groups is 1. The van der Waals surface area contributed by atoms with Crippen LogP contribution in [-0.4, -0.2) is 28.6 Å². The average molecular weight is 244 g/mol. The zero-order chi connectivity index (χ0) is 12.7. The number of aliphatic hydroxyl groups excluding tert-OH is 1. The molecule has 0 spiro atoms. The molecule has 4 nitrogen and oxygen atoms in total. The van der Waals surface area contributed by atoms with Gasteiger partial charge in [-0.05, 0) is 30.5 Å². The third-order valence-electron chi connectivity index (χ3n) is 3.61. The maximum absolute atomic E-state index is 12.1. The van der Waals surface area contributed by atoms with Crippen LogP contribution >= 0.6 is 0 Å². The van der Waals surface area contributed by atoms with Crippen molar-refractivity contribution >= 4 is 16.8 Å². The van der Waals surface area contributed by atoms with Crippen LogP contribution in [0, 0.1) is 0 Å². The summed E-state index contributed by atoms with van der Waals surface area (Å²) in [4.78, 5) is 15.3. The van der Waals surface area contributed by atoms with Gasteiger partial charge >= 0.3 is 0 Å². The Kier molecular flexibility index (Phi) is 2.59. The molecule has 0 fully saturated rings. The minimum Gasteiger partial charge on any atom is -0.392 e. The zero-order valence-electron chi connectivity index (χ0n) is 10.2. The first kappa shape index (κ1) is 11.3. The molecule has 0 aliphatic carbocycles. The van der Waals surface area contributed by atoms with Crippen molar-refractivity contribution in [3.63, 3.8) is 0 Å². The fraction of sp³-hybridized carbons (Fsp3) is 0.357. The van der Waals surface area contributed by atoms with Gasteiger partial charge in [-0.3, -0.25) is 4.79 Å². The molecule has 2 aromatic rings. The predicted molar refractivity (Wildman–Crippen MR) is 69.4 cm³/mol. The number of aromatic nitrogens is 1. The summed E-state index contributed by atoms with van der Waals surface area (Å²) in [5.41, 5.74) is 3.14. The van der Waals surface area contributed by atoms with Crippen molar-refractivity contribution in [3.8, 4) is 0 Å². The van der Waals surface area contributed by atoms with Crippen LogP contribution in [0.25, 0.3) is 10.9 Å². The third-order valence-corrected chi connectivity index (χ3v) is 3.61. The highest BCUT2D eigenvalue weighted by Gasteiger charge is 2.29. The van der Waals surface area contributed by atoms with Crippen LogP contribution in [0.3, 0.4) is 0 Å². The van der Waals surface area contributed by atoms with Gasteiger partial charge < -0.3 is 15.4 Å². The van der Waals surface area contributed by atoms with E-state index in [2.05, 4.69) is 10.3 Å². The Balaban J connectivity index is 2.29. The number of benzene rings is 1. The van der Waals surface area contributed by atoms with E-state index in [-0.39, 0.29) is 5.91 Å². The van der Waals surface area contributed by atoms with Gasteiger partial charge in [0.25, 0.3) is 0 Å². The molecule has 1 aliphatic rings. The summed E-state index contributed by atoms with van der Waals surface area (Å²) < 4.78 is 0.